The van der Waals surface area contributed by atoms with E-state index in [2.05, 4.69) is 0 Å². The van der Waals surface area contributed by atoms with Crippen LogP contribution < -0.4 is 0 Å². The Morgan fingerprint density at radius 2 is 1.88 bits per heavy atom. The first kappa shape index (κ1) is 11.2. The number of amides is 1. The fourth-order valence-corrected chi connectivity index (χ4v) is 2.55. The second-order valence-corrected chi connectivity index (χ2v) is 4.80. The van der Waals surface area contributed by atoms with Gasteiger partial charge in [-0.3, -0.25) is 9.59 Å². The molecule has 2 rings (SSSR count). The Hall–Kier alpha value is -1.32. The van der Waals surface area contributed by atoms with Crippen LogP contribution in [0.5, 0.6) is 0 Å². The highest BCUT2D eigenvalue weighted by atomic mass is 16.4. The number of likely N-dealkylation sites (tertiary alicyclic amines) is 1. The molecule has 0 radical (unpaired) electrons. The van der Waals surface area contributed by atoms with E-state index in [9.17, 15) is 9.59 Å². The summed E-state index contributed by atoms with van der Waals surface area (Å²) in [6.45, 7) is 2.87. The number of hydrogen-bond acceptors (Lipinski definition) is 2. The number of rotatable bonds is 2. The molecular weight excluding hydrogens is 206 g/mol. The van der Waals surface area contributed by atoms with E-state index in [4.69, 9.17) is 5.11 Å². The molecule has 2 atom stereocenters. The molecule has 0 bridgehead atoms. The van der Waals surface area contributed by atoms with Crippen molar-refractivity contribution in [3.05, 3.63) is 12.2 Å². The Morgan fingerprint density at radius 1 is 1.25 bits per heavy atom. The summed E-state index contributed by atoms with van der Waals surface area (Å²) in [5.41, 5.74) is 0. The zero-order valence-electron chi connectivity index (χ0n) is 9.43. The molecule has 4 nitrogen and oxygen atoms in total. The van der Waals surface area contributed by atoms with Crippen LogP contribution in [0.15, 0.2) is 12.2 Å². The molecule has 0 aromatic heterocycles. The summed E-state index contributed by atoms with van der Waals surface area (Å²) in [5, 5.41) is 9.00. The van der Waals surface area contributed by atoms with Gasteiger partial charge in [0.1, 0.15) is 0 Å². The van der Waals surface area contributed by atoms with Crippen LogP contribution in [0.1, 0.15) is 19.8 Å². The van der Waals surface area contributed by atoms with Gasteiger partial charge in [0.2, 0.25) is 5.91 Å². The maximum absolute atomic E-state index is 12.1. The Balaban J connectivity index is 1.97. The molecule has 0 saturated carbocycles. The lowest BCUT2D eigenvalue weighted by Crippen LogP contribution is -2.34. The van der Waals surface area contributed by atoms with Gasteiger partial charge < -0.3 is 10.0 Å². The monoisotopic (exact) mass is 223 g/mol. The number of carboxylic acids is 1. The largest absolute Gasteiger partial charge is 0.481 e. The smallest absolute Gasteiger partial charge is 0.308 e. The number of aliphatic carboxylic acids is 1. The molecule has 0 spiro atoms. The highest BCUT2D eigenvalue weighted by Crippen LogP contribution is 2.27. The Kier molecular flexibility index (Phi) is 2.99. The highest BCUT2D eigenvalue weighted by Gasteiger charge is 2.38. The Labute approximate surface area is 94.9 Å². The van der Waals surface area contributed by atoms with Crippen molar-refractivity contribution in [2.45, 2.75) is 19.8 Å². The first-order valence-electron chi connectivity index (χ1n) is 5.76. The lowest BCUT2D eigenvalue weighted by atomic mass is 9.99. The summed E-state index contributed by atoms with van der Waals surface area (Å²) in [7, 11) is 0. The van der Waals surface area contributed by atoms with Crippen molar-refractivity contribution in [3.63, 3.8) is 0 Å². The average Bonchev–Trinajstić information content (AvgIpc) is 2.84. The molecule has 16 heavy (non-hydrogen) atoms. The van der Waals surface area contributed by atoms with Crippen LogP contribution in [0, 0.1) is 17.8 Å². The van der Waals surface area contributed by atoms with Gasteiger partial charge in [-0.25, -0.2) is 0 Å². The third-order valence-electron chi connectivity index (χ3n) is 3.60. The molecule has 0 aromatic carbocycles. The number of carbonyl (C=O) groups excluding carboxylic acids is 1. The van der Waals surface area contributed by atoms with Gasteiger partial charge in [0, 0.05) is 19.0 Å². The molecule has 2 aliphatic rings. The molecule has 88 valence electrons. The van der Waals surface area contributed by atoms with E-state index in [1.807, 2.05) is 19.1 Å². The second-order valence-electron chi connectivity index (χ2n) is 4.80. The number of carbonyl (C=O) groups is 2. The van der Waals surface area contributed by atoms with Crippen LogP contribution >= 0.6 is 0 Å². The Morgan fingerprint density at radius 3 is 2.38 bits per heavy atom. The van der Waals surface area contributed by atoms with Gasteiger partial charge in [-0.2, -0.15) is 0 Å². The molecule has 1 aliphatic heterocycles. The van der Waals surface area contributed by atoms with Gasteiger partial charge in [-0.15, -0.1) is 0 Å². The van der Waals surface area contributed by atoms with Gasteiger partial charge in [-0.05, 0) is 18.8 Å². The molecule has 0 unspecified atom stereocenters. The van der Waals surface area contributed by atoms with Crippen LogP contribution in [0.4, 0.5) is 0 Å². The minimum absolute atomic E-state index is 0.0553. The fourth-order valence-electron chi connectivity index (χ4n) is 2.55. The van der Waals surface area contributed by atoms with Gasteiger partial charge >= 0.3 is 5.97 Å². The van der Waals surface area contributed by atoms with E-state index >= 15 is 0 Å². The van der Waals surface area contributed by atoms with E-state index in [0.717, 1.165) is 12.8 Å². The molecule has 1 N–H and O–H groups in total. The van der Waals surface area contributed by atoms with Crippen molar-refractivity contribution in [1.82, 2.24) is 4.90 Å². The van der Waals surface area contributed by atoms with Crippen molar-refractivity contribution in [2.75, 3.05) is 13.1 Å². The van der Waals surface area contributed by atoms with Crippen molar-refractivity contribution in [3.8, 4) is 0 Å². The average molecular weight is 223 g/mol. The minimum atomic E-state index is -0.785. The zero-order chi connectivity index (χ0) is 11.7. The van der Waals surface area contributed by atoms with Gasteiger partial charge in [-0.1, -0.05) is 19.1 Å². The summed E-state index contributed by atoms with van der Waals surface area (Å²) < 4.78 is 0. The highest BCUT2D eigenvalue weighted by molar-refractivity contribution is 5.81. The lowest BCUT2D eigenvalue weighted by Gasteiger charge is -2.20. The maximum atomic E-state index is 12.1. The summed E-state index contributed by atoms with van der Waals surface area (Å²) in [4.78, 5) is 24.7. The molecule has 1 amide bonds. The minimum Gasteiger partial charge on any atom is -0.481 e. The van der Waals surface area contributed by atoms with Crippen LogP contribution in [-0.4, -0.2) is 35.0 Å². The lowest BCUT2D eigenvalue weighted by molar-refractivity contribution is -0.142. The van der Waals surface area contributed by atoms with E-state index in [1.165, 1.54) is 0 Å². The molecule has 1 saturated heterocycles. The quantitative estimate of drug-likeness (QED) is 0.714. The van der Waals surface area contributed by atoms with Crippen LogP contribution in [0.25, 0.3) is 0 Å². The summed E-state index contributed by atoms with van der Waals surface area (Å²) in [6.07, 6.45) is 5.66. The summed E-state index contributed by atoms with van der Waals surface area (Å²) >= 11 is 0. The molecule has 4 heteroatoms. The topological polar surface area (TPSA) is 57.6 Å². The zero-order valence-corrected chi connectivity index (χ0v) is 9.43. The molecular formula is C12H17NO3. The number of allylic oxidation sites excluding steroid dienone is 2. The predicted molar refractivity (Wildman–Crippen MR) is 58.7 cm³/mol. The van der Waals surface area contributed by atoms with Crippen molar-refractivity contribution in [2.24, 2.45) is 17.8 Å². The van der Waals surface area contributed by atoms with Gasteiger partial charge in [0.15, 0.2) is 0 Å². The second kappa shape index (κ2) is 4.28. The SMILES string of the molecule is C[C@@H]1CN(C(=O)C2CC=CC2)C[C@H]1C(=O)O. The first-order chi connectivity index (χ1) is 7.59. The third kappa shape index (κ3) is 1.96. The molecule has 1 fully saturated rings. The molecule has 1 aliphatic carbocycles. The normalized spacial score (nSPS) is 29.9. The van der Waals surface area contributed by atoms with E-state index < -0.39 is 11.9 Å². The third-order valence-corrected chi connectivity index (χ3v) is 3.60. The molecule has 1 heterocycles. The summed E-state index contributed by atoms with van der Waals surface area (Å²) in [6, 6.07) is 0. The summed E-state index contributed by atoms with van der Waals surface area (Å²) in [5.74, 6) is -0.929. The van der Waals surface area contributed by atoms with Gasteiger partial charge in [0.05, 0.1) is 5.92 Å². The molecule has 0 aromatic rings. The predicted octanol–water partition coefficient (Wildman–Crippen LogP) is 1.13. The number of carboxylic acid groups (broad SMARTS) is 1. The Bertz CT molecular complexity index is 329. The van der Waals surface area contributed by atoms with E-state index in [-0.39, 0.29) is 17.7 Å². The first-order valence-corrected chi connectivity index (χ1v) is 5.76. The van der Waals surface area contributed by atoms with Crippen molar-refractivity contribution >= 4 is 11.9 Å². The van der Waals surface area contributed by atoms with E-state index in [1.54, 1.807) is 4.90 Å². The number of hydrogen-bond donors (Lipinski definition) is 1. The number of nitrogens with zero attached hydrogens (tertiary/aromatic N) is 1. The van der Waals surface area contributed by atoms with Crippen LogP contribution in [-0.2, 0) is 9.59 Å². The fraction of sp³-hybridized carbons (Fsp3) is 0.667. The van der Waals surface area contributed by atoms with Crippen LogP contribution in [0.3, 0.4) is 0 Å². The van der Waals surface area contributed by atoms with Gasteiger partial charge in [0.25, 0.3) is 0 Å². The standard InChI is InChI=1S/C12H17NO3/c1-8-6-13(7-10(8)12(15)16)11(14)9-4-2-3-5-9/h2-3,8-10H,4-7H2,1H3,(H,15,16)/t8-,10-/m1/s1. The maximum Gasteiger partial charge on any atom is 0.308 e. The van der Waals surface area contributed by atoms with Crippen molar-refractivity contribution in [1.29, 1.82) is 0 Å². The van der Waals surface area contributed by atoms with Crippen molar-refractivity contribution < 1.29 is 14.7 Å². The van der Waals surface area contributed by atoms with Crippen LogP contribution in [0.2, 0.25) is 0 Å². The van der Waals surface area contributed by atoms with E-state index in [0.29, 0.717) is 13.1 Å².